The van der Waals surface area contributed by atoms with Gasteiger partial charge < -0.3 is 14.6 Å². The van der Waals surface area contributed by atoms with E-state index in [0.717, 1.165) is 40.7 Å². The maximum absolute atomic E-state index is 12.3. The monoisotopic (exact) mass is 415 g/mol. The first-order valence-electron chi connectivity index (χ1n) is 9.85. The summed E-state index contributed by atoms with van der Waals surface area (Å²) in [6.45, 7) is 7.03. The number of likely N-dealkylation sites (tertiary alicyclic amines) is 1. The highest BCUT2D eigenvalue weighted by Gasteiger charge is 2.28. The van der Waals surface area contributed by atoms with Crippen LogP contribution in [0.25, 0.3) is 22.2 Å². The van der Waals surface area contributed by atoms with Gasteiger partial charge in [-0.3, -0.25) is 4.68 Å². The van der Waals surface area contributed by atoms with Gasteiger partial charge in [0.2, 0.25) is 0 Å². The Morgan fingerprint density at radius 1 is 1.28 bits per heavy atom. The van der Waals surface area contributed by atoms with Crippen LogP contribution in [0.5, 0.6) is 0 Å². The standard InChI is InChI=1S/C21H26ClN5O2/c1-21(2,3)29-20(28)27-7-5-13(6-8-27)17-9-15-18(14-10-24-26(4)12-14)16(22)11-23-19(15)25-17/h9-13H,5-8H2,1-4H3,(H,23,25). The van der Waals surface area contributed by atoms with Gasteiger partial charge in [0.15, 0.2) is 0 Å². The van der Waals surface area contributed by atoms with Crippen LogP contribution in [0.3, 0.4) is 0 Å². The molecule has 154 valence electrons. The molecule has 0 spiro atoms. The fourth-order valence-corrected chi connectivity index (χ4v) is 4.09. The molecule has 4 heterocycles. The number of ether oxygens (including phenoxy) is 1. The van der Waals surface area contributed by atoms with Gasteiger partial charge in [0.25, 0.3) is 0 Å². The van der Waals surface area contributed by atoms with Crippen molar-refractivity contribution < 1.29 is 9.53 Å². The summed E-state index contributed by atoms with van der Waals surface area (Å²) in [6, 6.07) is 2.14. The number of nitrogens with one attached hydrogen (secondary N) is 1. The molecule has 8 heteroatoms. The van der Waals surface area contributed by atoms with Gasteiger partial charge in [-0.15, -0.1) is 0 Å². The fourth-order valence-electron chi connectivity index (χ4n) is 3.83. The highest BCUT2D eigenvalue weighted by molar-refractivity contribution is 6.34. The van der Waals surface area contributed by atoms with Crippen molar-refractivity contribution in [3.8, 4) is 11.1 Å². The Hall–Kier alpha value is -2.54. The molecule has 1 fully saturated rings. The van der Waals surface area contributed by atoms with Crippen LogP contribution >= 0.6 is 11.6 Å². The van der Waals surface area contributed by atoms with E-state index >= 15 is 0 Å². The Labute approximate surface area is 175 Å². The number of pyridine rings is 1. The quantitative estimate of drug-likeness (QED) is 0.656. The van der Waals surface area contributed by atoms with Crippen LogP contribution in [0.2, 0.25) is 5.02 Å². The zero-order valence-electron chi connectivity index (χ0n) is 17.2. The van der Waals surface area contributed by atoms with Gasteiger partial charge in [-0.1, -0.05) is 11.6 Å². The minimum atomic E-state index is -0.473. The van der Waals surface area contributed by atoms with E-state index in [1.807, 2.05) is 40.2 Å². The Bertz CT molecular complexity index is 1040. The topological polar surface area (TPSA) is 76.0 Å². The largest absolute Gasteiger partial charge is 0.444 e. The number of carbonyl (C=O) groups is 1. The maximum Gasteiger partial charge on any atom is 0.410 e. The maximum atomic E-state index is 12.3. The van der Waals surface area contributed by atoms with Crippen LogP contribution in [-0.4, -0.2) is 49.4 Å². The lowest BCUT2D eigenvalue weighted by Gasteiger charge is -2.33. The average molecular weight is 416 g/mol. The molecule has 0 aliphatic carbocycles. The summed E-state index contributed by atoms with van der Waals surface area (Å²) in [5.74, 6) is 0.336. The van der Waals surface area contributed by atoms with Gasteiger partial charge in [-0.25, -0.2) is 9.78 Å². The third-order valence-corrected chi connectivity index (χ3v) is 5.50. The summed E-state index contributed by atoms with van der Waals surface area (Å²) in [7, 11) is 1.89. The molecule has 1 saturated heterocycles. The average Bonchev–Trinajstić information content (AvgIpc) is 3.26. The number of H-pyrrole nitrogens is 1. The van der Waals surface area contributed by atoms with Crippen molar-refractivity contribution in [3.63, 3.8) is 0 Å². The van der Waals surface area contributed by atoms with E-state index in [-0.39, 0.29) is 6.09 Å². The first kappa shape index (κ1) is 19.8. The van der Waals surface area contributed by atoms with E-state index in [9.17, 15) is 4.79 Å². The Morgan fingerprint density at radius 3 is 2.62 bits per heavy atom. The van der Waals surface area contributed by atoms with Crippen molar-refractivity contribution in [2.24, 2.45) is 7.05 Å². The number of hydrogen-bond acceptors (Lipinski definition) is 4. The van der Waals surface area contributed by atoms with E-state index in [1.165, 1.54) is 0 Å². The number of fused-ring (bicyclic) bond motifs is 1. The molecule has 0 saturated carbocycles. The second-order valence-electron chi connectivity index (χ2n) is 8.61. The van der Waals surface area contributed by atoms with Crippen LogP contribution in [0.4, 0.5) is 4.79 Å². The minimum Gasteiger partial charge on any atom is -0.444 e. The van der Waals surface area contributed by atoms with Crippen molar-refractivity contribution in [1.29, 1.82) is 0 Å². The number of carbonyl (C=O) groups excluding carboxylic acids is 1. The molecule has 1 aliphatic heterocycles. The molecule has 1 N–H and O–H groups in total. The zero-order chi connectivity index (χ0) is 20.8. The molecule has 0 bridgehead atoms. The van der Waals surface area contributed by atoms with E-state index < -0.39 is 5.60 Å². The minimum absolute atomic E-state index is 0.236. The third kappa shape index (κ3) is 4.10. The number of amides is 1. The Morgan fingerprint density at radius 2 is 2.00 bits per heavy atom. The van der Waals surface area contributed by atoms with Gasteiger partial charge >= 0.3 is 6.09 Å². The predicted octanol–water partition coefficient (Wildman–Crippen LogP) is 4.73. The first-order chi connectivity index (χ1) is 13.7. The van der Waals surface area contributed by atoms with Crippen molar-refractivity contribution in [1.82, 2.24) is 24.6 Å². The van der Waals surface area contributed by atoms with Crippen molar-refractivity contribution >= 4 is 28.7 Å². The molecular weight excluding hydrogens is 390 g/mol. The number of rotatable bonds is 2. The van der Waals surface area contributed by atoms with Crippen molar-refractivity contribution in [2.45, 2.75) is 45.1 Å². The van der Waals surface area contributed by atoms with Crippen molar-refractivity contribution in [2.75, 3.05) is 13.1 Å². The predicted molar refractivity (Wildman–Crippen MR) is 113 cm³/mol. The Kier molecular flexibility index (Phi) is 5.02. The number of aromatic amines is 1. The number of piperidine rings is 1. The molecule has 7 nitrogen and oxygen atoms in total. The second kappa shape index (κ2) is 7.37. The lowest BCUT2D eigenvalue weighted by Crippen LogP contribution is -2.41. The number of aromatic nitrogens is 4. The number of halogens is 1. The van der Waals surface area contributed by atoms with E-state index in [4.69, 9.17) is 16.3 Å². The molecule has 29 heavy (non-hydrogen) atoms. The highest BCUT2D eigenvalue weighted by atomic mass is 35.5. The van der Waals surface area contributed by atoms with Crippen LogP contribution in [0.15, 0.2) is 24.7 Å². The second-order valence-corrected chi connectivity index (χ2v) is 9.02. The van der Waals surface area contributed by atoms with Gasteiger partial charge in [-0.2, -0.15) is 5.10 Å². The number of nitrogens with zero attached hydrogens (tertiary/aromatic N) is 4. The SMILES string of the molecule is Cn1cc(-c2c(Cl)cnc3[nH]c(C4CCN(C(=O)OC(C)(C)C)CC4)cc23)cn1. The number of hydrogen-bond donors (Lipinski definition) is 1. The fraction of sp³-hybridized carbons (Fsp3) is 0.476. The molecule has 1 aliphatic rings. The van der Waals surface area contributed by atoms with Gasteiger partial charge in [0.1, 0.15) is 11.2 Å². The summed E-state index contributed by atoms with van der Waals surface area (Å²) < 4.78 is 7.25. The van der Waals surface area contributed by atoms with Gasteiger partial charge in [-0.05, 0) is 39.7 Å². The van der Waals surface area contributed by atoms with E-state index in [2.05, 4.69) is 21.1 Å². The zero-order valence-corrected chi connectivity index (χ0v) is 18.0. The highest BCUT2D eigenvalue weighted by Crippen LogP contribution is 2.37. The molecule has 0 unspecified atom stereocenters. The summed E-state index contributed by atoms with van der Waals surface area (Å²) in [4.78, 5) is 22.0. The Balaban J connectivity index is 1.55. The van der Waals surface area contributed by atoms with Crippen molar-refractivity contribution in [3.05, 3.63) is 35.4 Å². The normalized spacial score (nSPS) is 15.8. The third-order valence-electron chi connectivity index (χ3n) is 5.21. The van der Waals surface area contributed by atoms with E-state index in [0.29, 0.717) is 24.0 Å². The lowest BCUT2D eigenvalue weighted by atomic mass is 9.93. The summed E-state index contributed by atoms with van der Waals surface area (Å²) in [6.07, 6.45) is 6.96. The van der Waals surface area contributed by atoms with Crippen LogP contribution < -0.4 is 0 Å². The summed E-state index contributed by atoms with van der Waals surface area (Å²) in [5.41, 5.74) is 3.38. The first-order valence-corrected chi connectivity index (χ1v) is 10.2. The smallest absolute Gasteiger partial charge is 0.410 e. The van der Waals surface area contributed by atoms with Gasteiger partial charge in [0, 0.05) is 60.7 Å². The van der Waals surface area contributed by atoms with Crippen LogP contribution in [-0.2, 0) is 11.8 Å². The molecule has 0 radical (unpaired) electrons. The molecule has 3 aromatic heterocycles. The molecule has 0 atom stereocenters. The molecule has 4 rings (SSSR count). The summed E-state index contributed by atoms with van der Waals surface area (Å²) in [5, 5.41) is 5.87. The molecular formula is C21H26ClN5O2. The molecule has 3 aromatic rings. The molecule has 0 aromatic carbocycles. The lowest BCUT2D eigenvalue weighted by molar-refractivity contribution is 0.0204. The summed E-state index contributed by atoms with van der Waals surface area (Å²) >= 11 is 6.48. The van der Waals surface area contributed by atoms with Crippen LogP contribution in [0, 0.1) is 0 Å². The van der Waals surface area contributed by atoms with Gasteiger partial charge in [0.05, 0.1) is 11.2 Å². The molecule has 1 amide bonds. The van der Waals surface area contributed by atoms with Crippen LogP contribution in [0.1, 0.15) is 45.2 Å². The number of aryl methyl sites for hydroxylation is 1. The van der Waals surface area contributed by atoms with E-state index in [1.54, 1.807) is 15.8 Å².